The molecule has 0 aromatic heterocycles. The van der Waals surface area contributed by atoms with E-state index in [1.807, 2.05) is 24.6 Å². The summed E-state index contributed by atoms with van der Waals surface area (Å²) in [5.74, 6) is 0. The number of hydrogen-bond donors (Lipinski definition) is 1. The molecular weight excluding hydrogens is 124 g/mol. The van der Waals surface area contributed by atoms with Gasteiger partial charge in [-0.2, -0.15) is 0 Å². The molecule has 0 aromatic carbocycles. The van der Waals surface area contributed by atoms with E-state index >= 15 is 0 Å². The van der Waals surface area contributed by atoms with E-state index in [1.165, 1.54) is 0 Å². The highest BCUT2D eigenvalue weighted by atomic mass is 15.5. The highest BCUT2D eigenvalue weighted by molar-refractivity contribution is 5.06. The van der Waals surface area contributed by atoms with Crippen molar-refractivity contribution in [1.82, 2.24) is 10.4 Å². The molecule has 0 radical (unpaired) electrons. The Labute approximate surface area is 62.2 Å². The number of nitrogens with one attached hydrogen (secondary N) is 1. The zero-order chi connectivity index (χ0) is 7.61. The van der Waals surface area contributed by atoms with Gasteiger partial charge in [0.05, 0.1) is 5.54 Å². The van der Waals surface area contributed by atoms with Crippen LogP contribution in [0.4, 0.5) is 0 Å². The average molecular weight is 138 g/mol. The van der Waals surface area contributed by atoms with Crippen molar-refractivity contribution in [2.45, 2.75) is 26.3 Å². The van der Waals surface area contributed by atoms with E-state index in [0.29, 0.717) is 0 Å². The van der Waals surface area contributed by atoms with Gasteiger partial charge in [0, 0.05) is 12.4 Å². The molecule has 10 heavy (non-hydrogen) atoms. The lowest BCUT2D eigenvalue weighted by atomic mass is 10.1. The van der Waals surface area contributed by atoms with Crippen LogP contribution in [0.25, 0.3) is 0 Å². The second-order valence-corrected chi connectivity index (χ2v) is 3.37. The third-order valence-corrected chi connectivity index (χ3v) is 1.38. The van der Waals surface area contributed by atoms with Crippen LogP contribution in [0.15, 0.2) is 24.6 Å². The maximum atomic E-state index is 3.12. The van der Waals surface area contributed by atoms with Gasteiger partial charge in [-0.05, 0) is 32.9 Å². The van der Waals surface area contributed by atoms with Gasteiger partial charge in [-0.3, -0.25) is 5.01 Å². The minimum Gasteiger partial charge on any atom is -0.306 e. The first-order chi connectivity index (χ1) is 4.61. The van der Waals surface area contributed by atoms with Crippen molar-refractivity contribution < 1.29 is 0 Å². The Bertz CT molecular complexity index is 163. The summed E-state index contributed by atoms with van der Waals surface area (Å²) >= 11 is 0. The molecule has 1 rings (SSSR count). The van der Waals surface area contributed by atoms with Gasteiger partial charge in [-0.1, -0.05) is 0 Å². The van der Waals surface area contributed by atoms with Crippen molar-refractivity contribution in [2.24, 2.45) is 0 Å². The number of nitrogens with zero attached hydrogens (tertiary/aromatic N) is 1. The molecule has 1 N–H and O–H groups in total. The molecule has 0 bridgehead atoms. The molecule has 0 aromatic rings. The Morgan fingerprint density at radius 3 is 2.20 bits per heavy atom. The monoisotopic (exact) mass is 138 g/mol. The van der Waals surface area contributed by atoms with Gasteiger partial charge in [0.2, 0.25) is 0 Å². The molecular formula is C8H14N2. The van der Waals surface area contributed by atoms with Crippen LogP contribution in [0, 0.1) is 0 Å². The zero-order valence-electron chi connectivity index (χ0n) is 6.76. The Kier molecular flexibility index (Phi) is 1.70. The molecule has 56 valence electrons. The van der Waals surface area contributed by atoms with Crippen molar-refractivity contribution in [2.75, 3.05) is 0 Å². The quantitative estimate of drug-likeness (QED) is 0.547. The molecule has 0 unspecified atom stereocenters. The van der Waals surface area contributed by atoms with Crippen molar-refractivity contribution in [3.05, 3.63) is 24.6 Å². The number of rotatable bonds is 0. The van der Waals surface area contributed by atoms with Gasteiger partial charge in [-0.15, -0.1) is 0 Å². The van der Waals surface area contributed by atoms with Gasteiger partial charge in [-0.25, -0.2) is 0 Å². The number of allylic oxidation sites excluding steroid dienone is 2. The summed E-state index contributed by atoms with van der Waals surface area (Å²) in [6, 6.07) is 0. The van der Waals surface area contributed by atoms with E-state index in [9.17, 15) is 0 Å². The molecule has 2 nitrogen and oxygen atoms in total. The minimum atomic E-state index is 0.154. The van der Waals surface area contributed by atoms with E-state index in [2.05, 4.69) is 31.2 Å². The highest BCUT2D eigenvalue weighted by Gasteiger charge is 2.16. The number of hydrazine groups is 1. The largest absolute Gasteiger partial charge is 0.306 e. The third-order valence-electron chi connectivity index (χ3n) is 1.38. The lowest BCUT2D eigenvalue weighted by Gasteiger charge is -2.35. The Morgan fingerprint density at radius 2 is 1.90 bits per heavy atom. The summed E-state index contributed by atoms with van der Waals surface area (Å²) in [4.78, 5) is 0. The SMILES string of the molecule is CC(C)(C)N1C=CC=CN1. The van der Waals surface area contributed by atoms with Crippen LogP contribution in [-0.4, -0.2) is 10.5 Å². The van der Waals surface area contributed by atoms with Crippen LogP contribution in [0.5, 0.6) is 0 Å². The van der Waals surface area contributed by atoms with E-state index in [1.54, 1.807) is 0 Å². The first-order valence-electron chi connectivity index (χ1n) is 3.49. The summed E-state index contributed by atoms with van der Waals surface area (Å²) in [6.45, 7) is 6.47. The molecule has 0 saturated heterocycles. The Hall–Kier alpha value is -0.920. The molecule has 0 spiro atoms. The van der Waals surface area contributed by atoms with Crippen LogP contribution in [0.2, 0.25) is 0 Å². The van der Waals surface area contributed by atoms with Gasteiger partial charge >= 0.3 is 0 Å². The van der Waals surface area contributed by atoms with E-state index in [0.717, 1.165) is 0 Å². The molecule has 1 heterocycles. The van der Waals surface area contributed by atoms with Crippen molar-refractivity contribution in [3.8, 4) is 0 Å². The Morgan fingerprint density at radius 1 is 1.20 bits per heavy atom. The smallest absolute Gasteiger partial charge is 0.0521 e. The lowest BCUT2D eigenvalue weighted by molar-refractivity contribution is 0.160. The van der Waals surface area contributed by atoms with Crippen LogP contribution >= 0.6 is 0 Å². The van der Waals surface area contributed by atoms with Gasteiger partial charge in [0.15, 0.2) is 0 Å². The molecule has 0 fully saturated rings. The normalized spacial score (nSPS) is 17.3. The highest BCUT2D eigenvalue weighted by Crippen LogP contribution is 2.11. The van der Waals surface area contributed by atoms with Gasteiger partial charge < -0.3 is 5.43 Å². The molecule has 0 atom stereocenters. The predicted octanol–water partition coefficient (Wildman–Crippen LogP) is 1.63. The van der Waals surface area contributed by atoms with Crippen molar-refractivity contribution in [1.29, 1.82) is 0 Å². The maximum Gasteiger partial charge on any atom is 0.0521 e. The molecule has 2 heteroatoms. The fourth-order valence-corrected chi connectivity index (χ4v) is 0.775. The molecule has 1 aliphatic rings. The first kappa shape index (κ1) is 7.19. The second-order valence-electron chi connectivity index (χ2n) is 3.37. The fourth-order valence-electron chi connectivity index (χ4n) is 0.775. The fraction of sp³-hybridized carbons (Fsp3) is 0.500. The summed E-state index contributed by atoms with van der Waals surface area (Å²) in [5.41, 5.74) is 3.28. The van der Waals surface area contributed by atoms with Gasteiger partial charge in [0.25, 0.3) is 0 Å². The maximum absolute atomic E-state index is 3.12. The third kappa shape index (κ3) is 1.53. The van der Waals surface area contributed by atoms with E-state index < -0.39 is 0 Å². The zero-order valence-corrected chi connectivity index (χ0v) is 6.76. The topological polar surface area (TPSA) is 15.3 Å². The van der Waals surface area contributed by atoms with Crippen molar-refractivity contribution >= 4 is 0 Å². The minimum absolute atomic E-state index is 0.154. The van der Waals surface area contributed by atoms with Crippen LogP contribution in [0.3, 0.4) is 0 Å². The first-order valence-corrected chi connectivity index (χ1v) is 3.49. The summed E-state index contributed by atoms with van der Waals surface area (Å²) < 4.78 is 0. The van der Waals surface area contributed by atoms with E-state index in [-0.39, 0.29) is 5.54 Å². The summed E-state index contributed by atoms with van der Waals surface area (Å²) in [5, 5.41) is 2.06. The van der Waals surface area contributed by atoms with Crippen LogP contribution in [0.1, 0.15) is 20.8 Å². The van der Waals surface area contributed by atoms with Crippen LogP contribution in [-0.2, 0) is 0 Å². The summed E-state index contributed by atoms with van der Waals surface area (Å²) in [6.07, 6.45) is 7.94. The lowest BCUT2D eigenvalue weighted by Crippen LogP contribution is -2.45. The molecule has 0 aliphatic carbocycles. The second kappa shape index (κ2) is 2.37. The summed E-state index contributed by atoms with van der Waals surface area (Å²) in [7, 11) is 0. The molecule has 0 amide bonds. The Balaban J connectivity index is 2.60. The van der Waals surface area contributed by atoms with Crippen molar-refractivity contribution in [3.63, 3.8) is 0 Å². The van der Waals surface area contributed by atoms with E-state index in [4.69, 9.17) is 0 Å². The number of hydrogen-bond acceptors (Lipinski definition) is 2. The van der Waals surface area contributed by atoms with Crippen LogP contribution < -0.4 is 5.43 Å². The average Bonchev–Trinajstić information content (AvgIpc) is 1.88. The molecule has 0 saturated carbocycles. The molecule has 1 aliphatic heterocycles. The van der Waals surface area contributed by atoms with Gasteiger partial charge in [0.1, 0.15) is 0 Å². The standard InChI is InChI=1S/C8H14N2/c1-8(2,3)10-7-5-4-6-9-10/h4-7,9H,1-3H3. The predicted molar refractivity (Wildman–Crippen MR) is 43.0 cm³/mol.